The molecule has 2 atom stereocenters. The number of methoxy groups -OCH3 is 1. The molecule has 0 aliphatic carbocycles. The number of hydrogen-bond donors (Lipinski definition) is 0. The number of para-hydroxylation sites is 1. The molecule has 0 aromatic heterocycles. The third kappa shape index (κ3) is 2.36. The van der Waals surface area contributed by atoms with Gasteiger partial charge in [0.1, 0.15) is 17.6 Å². The van der Waals surface area contributed by atoms with Crippen LogP contribution in [0.3, 0.4) is 0 Å². The summed E-state index contributed by atoms with van der Waals surface area (Å²) in [5.74, 6) is 1.79. The minimum atomic E-state index is -0.215. The van der Waals surface area contributed by atoms with Gasteiger partial charge in [0.2, 0.25) is 0 Å². The standard InChI is InChI=1S/C17H17ClO2/c1-11-9-13-10-12(7-8-15(13)20-11)17(18)14-5-3-4-6-16(14)19-2/h3-8,10-11,17H,9H2,1-2H3. The van der Waals surface area contributed by atoms with Gasteiger partial charge in [0.05, 0.1) is 12.5 Å². The van der Waals surface area contributed by atoms with E-state index >= 15 is 0 Å². The van der Waals surface area contributed by atoms with Gasteiger partial charge in [-0.25, -0.2) is 0 Å². The molecule has 0 amide bonds. The van der Waals surface area contributed by atoms with Gasteiger partial charge in [0.15, 0.2) is 0 Å². The molecule has 1 heterocycles. The van der Waals surface area contributed by atoms with Crippen molar-refractivity contribution >= 4 is 11.6 Å². The minimum absolute atomic E-state index is 0.215. The summed E-state index contributed by atoms with van der Waals surface area (Å²) in [6.45, 7) is 2.08. The maximum Gasteiger partial charge on any atom is 0.123 e. The summed E-state index contributed by atoms with van der Waals surface area (Å²) in [5, 5.41) is -0.215. The lowest BCUT2D eigenvalue weighted by atomic mass is 10.00. The number of alkyl halides is 1. The van der Waals surface area contributed by atoms with Gasteiger partial charge in [-0.15, -0.1) is 11.6 Å². The number of halogens is 1. The van der Waals surface area contributed by atoms with Gasteiger partial charge in [0, 0.05) is 12.0 Å². The van der Waals surface area contributed by atoms with E-state index in [1.54, 1.807) is 7.11 Å². The predicted octanol–water partition coefficient (Wildman–Crippen LogP) is 4.35. The average molecular weight is 289 g/mol. The molecular formula is C17H17ClO2. The van der Waals surface area contributed by atoms with E-state index in [4.69, 9.17) is 21.1 Å². The number of rotatable bonds is 3. The van der Waals surface area contributed by atoms with Gasteiger partial charge in [-0.2, -0.15) is 0 Å². The van der Waals surface area contributed by atoms with Crippen molar-refractivity contribution in [1.29, 1.82) is 0 Å². The third-order valence-electron chi connectivity index (χ3n) is 3.62. The first-order valence-corrected chi connectivity index (χ1v) is 7.19. The van der Waals surface area contributed by atoms with Crippen molar-refractivity contribution in [1.82, 2.24) is 0 Å². The molecule has 1 aliphatic rings. The van der Waals surface area contributed by atoms with Gasteiger partial charge >= 0.3 is 0 Å². The topological polar surface area (TPSA) is 18.5 Å². The molecule has 104 valence electrons. The Morgan fingerprint density at radius 1 is 1.25 bits per heavy atom. The first kappa shape index (κ1) is 13.3. The summed E-state index contributed by atoms with van der Waals surface area (Å²) < 4.78 is 11.1. The van der Waals surface area contributed by atoms with Crippen LogP contribution in [-0.2, 0) is 6.42 Å². The number of benzene rings is 2. The van der Waals surface area contributed by atoms with Gasteiger partial charge < -0.3 is 9.47 Å². The lowest BCUT2D eigenvalue weighted by Gasteiger charge is -2.15. The van der Waals surface area contributed by atoms with Crippen LogP contribution in [0.4, 0.5) is 0 Å². The van der Waals surface area contributed by atoms with E-state index in [9.17, 15) is 0 Å². The normalized spacial score (nSPS) is 18.2. The summed E-state index contributed by atoms with van der Waals surface area (Å²) in [6, 6.07) is 14.0. The SMILES string of the molecule is COc1ccccc1C(Cl)c1ccc2c(c1)CC(C)O2. The van der Waals surface area contributed by atoms with Crippen LogP contribution < -0.4 is 9.47 Å². The first-order chi connectivity index (χ1) is 9.69. The number of ether oxygens (including phenoxy) is 2. The molecule has 1 aliphatic heterocycles. The van der Waals surface area contributed by atoms with Crippen molar-refractivity contribution in [2.75, 3.05) is 7.11 Å². The number of hydrogen-bond acceptors (Lipinski definition) is 2. The molecule has 0 fully saturated rings. The largest absolute Gasteiger partial charge is 0.496 e. The highest BCUT2D eigenvalue weighted by atomic mass is 35.5. The fourth-order valence-electron chi connectivity index (χ4n) is 2.65. The maximum absolute atomic E-state index is 6.63. The Balaban J connectivity index is 1.95. The highest BCUT2D eigenvalue weighted by Gasteiger charge is 2.22. The predicted molar refractivity (Wildman–Crippen MR) is 80.9 cm³/mol. The summed E-state index contributed by atoms with van der Waals surface area (Å²) >= 11 is 6.63. The van der Waals surface area contributed by atoms with E-state index in [1.807, 2.05) is 36.4 Å². The van der Waals surface area contributed by atoms with Crippen molar-refractivity contribution in [2.45, 2.75) is 24.8 Å². The fourth-order valence-corrected chi connectivity index (χ4v) is 2.97. The Labute approximate surface area is 124 Å². The molecule has 0 N–H and O–H groups in total. The van der Waals surface area contributed by atoms with Crippen LogP contribution in [0.1, 0.15) is 29.0 Å². The zero-order valence-electron chi connectivity index (χ0n) is 11.6. The lowest BCUT2D eigenvalue weighted by Crippen LogP contribution is -2.05. The van der Waals surface area contributed by atoms with Crippen LogP contribution in [0.15, 0.2) is 42.5 Å². The van der Waals surface area contributed by atoms with E-state index in [-0.39, 0.29) is 11.5 Å². The molecule has 2 aromatic carbocycles. The van der Waals surface area contributed by atoms with Gasteiger partial charge in [-0.05, 0) is 30.2 Å². The fraction of sp³-hybridized carbons (Fsp3) is 0.294. The highest BCUT2D eigenvalue weighted by Crippen LogP contribution is 2.38. The molecule has 0 saturated carbocycles. The Hall–Kier alpha value is -1.67. The van der Waals surface area contributed by atoms with Crippen LogP contribution in [0.25, 0.3) is 0 Å². The molecule has 2 nitrogen and oxygen atoms in total. The van der Waals surface area contributed by atoms with Gasteiger partial charge in [-0.3, -0.25) is 0 Å². The van der Waals surface area contributed by atoms with Crippen molar-refractivity contribution in [3.05, 3.63) is 59.2 Å². The third-order valence-corrected chi connectivity index (χ3v) is 4.11. The van der Waals surface area contributed by atoms with Crippen molar-refractivity contribution < 1.29 is 9.47 Å². The summed E-state index contributed by atoms with van der Waals surface area (Å²) in [5.41, 5.74) is 3.30. The summed E-state index contributed by atoms with van der Waals surface area (Å²) in [4.78, 5) is 0. The first-order valence-electron chi connectivity index (χ1n) is 6.75. The van der Waals surface area contributed by atoms with Crippen molar-refractivity contribution in [2.24, 2.45) is 0 Å². The van der Waals surface area contributed by atoms with Crippen molar-refractivity contribution in [3.8, 4) is 11.5 Å². The van der Waals surface area contributed by atoms with Crippen LogP contribution >= 0.6 is 11.6 Å². The van der Waals surface area contributed by atoms with Crippen LogP contribution in [-0.4, -0.2) is 13.2 Å². The quantitative estimate of drug-likeness (QED) is 0.782. The van der Waals surface area contributed by atoms with E-state index < -0.39 is 0 Å². The van der Waals surface area contributed by atoms with E-state index in [1.165, 1.54) is 5.56 Å². The molecule has 0 saturated heterocycles. The summed E-state index contributed by atoms with van der Waals surface area (Å²) in [7, 11) is 1.67. The van der Waals surface area contributed by atoms with Crippen LogP contribution in [0, 0.1) is 0 Å². The van der Waals surface area contributed by atoms with E-state index in [0.29, 0.717) is 0 Å². The zero-order chi connectivity index (χ0) is 14.1. The highest BCUT2D eigenvalue weighted by molar-refractivity contribution is 6.22. The summed E-state index contributed by atoms with van der Waals surface area (Å²) in [6.07, 6.45) is 1.19. The zero-order valence-corrected chi connectivity index (χ0v) is 12.4. The second-order valence-electron chi connectivity index (χ2n) is 5.10. The minimum Gasteiger partial charge on any atom is -0.496 e. The van der Waals surface area contributed by atoms with Crippen LogP contribution in [0.2, 0.25) is 0 Å². The van der Waals surface area contributed by atoms with E-state index in [2.05, 4.69) is 13.0 Å². The molecule has 0 bridgehead atoms. The Bertz CT molecular complexity index is 624. The molecule has 20 heavy (non-hydrogen) atoms. The maximum atomic E-state index is 6.63. The monoisotopic (exact) mass is 288 g/mol. The molecule has 2 aromatic rings. The van der Waals surface area contributed by atoms with Crippen molar-refractivity contribution in [3.63, 3.8) is 0 Å². The Kier molecular flexibility index (Phi) is 3.58. The van der Waals surface area contributed by atoms with E-state index in [0.717, 1.165) is 29.0 Å². The van der Waals surface area contributed by atoms with Gasteiger partial charge in [0.25, 0.3) is 0 Å². The molecule has 0 spiro atoms. The van der Waals surface area contributed by atoms with Crippen LogP contribution in [0.5, 0.6) is 11.5 Å². The average Bonchev–Trinajstić information content (AvgIpc) is 2.85. The molecular weight excluding hydrogens is 272 g/mol. The molecule has 0 radical (unpaired) electrons. The molecule has 3 heteroatoms. The lowest BCUT2D eigenvalue weighted by molar-refractivity contribution is 0.254. The molecule has 2 unspecified atom stereocenters. The molecule has 3 rings (SSSR count). The second kappa shape index (κ2) is 5.37. The second-order valence-corrected chi connectivity index (χ2v) is 5.54. The Morgan fingerprint density at radius 3 is 2.85 bits per heavy atom. The van der Waals surface area contributed by atoms with Gasteiger partial charge in [-0.1, -0.05) is 30.3 Å². The number of fused-ring (bicyclic) bond motifs is 1. The smallest absolute Gasteiger partial charge is 0.123 e. The Morgan fingerprint density at radius 2 is 2.05 bits per heavy atom.